The Bertz CT molecular complexity index is 627. The zero-order valence-corrected chi connectivity index (χ0v) is 13.2. The zero-order chi connectivity index (χ0) is 14.9. The minimum atomic E-state index is -3.40. The number of carbonyl (C=O) groups is 1. The Morgan fingerprint density at radius 3 is 2.70 bits per heavy atom. The van der Waals surface area contributed by atoms with E-state index in [1.165, 1.54) is 6.92 Å². The molecule has 0 N–H and O–H groups in total. The van der Waals surface area contributed by atoms with E-state index in [4.69, 9.17) is 11.6 Å². The normalized spacial score (nSPS) is 17.2. The second-order valence-electron chi connectivity index (χ2n) is 5.16. The maximum Gasteiger partial charge on any atom is 0.245 e. The highest BCUT2D eigenvalue weighted by Gasteiger charge is 2.31. The number of benzene rings is 1. The molecule has 0 fully saturated rings. The van der Waals surface area contributed by atoms with Crippen LogP contribution in [0.4, 0.5) is 5.69 Å². The molecule has 0 saturated carbocycles. The van der Waals surface area contributed by atoms with Gasteiger partial charge in [0.15, 0.2) is 9.84 Å². The predicted molar refractivity (Wildman–Crippen MR) is 81.0 cm³/mol. The fourth-order valence-corrected chi connectivity index (χ4v) is 3.13. The summed E-state index contributed by atoms with van der Waals surface area (Å²) in [4.78, 5) is 14.0. The van der Waals surface area contributed by atoms with E-state index in [-0.39, 0.29) is 5.91 Å². The lowest BCUT2D eigenvalue weighted by Gasteiger charge is -2.25. The summed E-state index contributed by atoms with van der Waals surface area (Å²) in [7, 11) is -3.40. The molecule has 1 unspecified atom stereocenters. The standard InChI is InChI=1S/C14H18ClNO3S/c1-10(20(2,18)19)14(17)16-9-4-3-6-11-12(15)7-5-8-13(11)16/h5,7-8,10H,3-4,6,9H2,1-2H3. The van der Waals surface area contributed by atoms with Crippen molar-refractivity contribution in [1.29, 1.82) is 0 Å². The Hall–Kier alpha value is -1.07. The summed E-state index contributed by atoms with van der Waals surface area (Å²) in [6.07, 6.45) is 3.68. The molecule has 0 radical (unpaired) electrons. The largest absolute Gasteiger partial charge is 0.311 e. The molecule has 1 amide bonds. The average molecular weight is 316 g/mol. The van der Waals surface area contributed by atoms with Crippen molar-refractivity contribution in [3.8, 4) is 0 Å². The van der Waals surface area contributed by atoms with Crippen molar-refractivity contribution in [1.82, 2.24) is 0 Å². The number of nitrogens with zero attached hydrogens (tertiary/aromatic N) is 1. The first-order valence-corrected chi connectivity index (χ1v) is 8.93. The van der Waals surface area contributed by atoms with Crippen LogP contribution in [0.5, 0.6) is 0 Å². The molecule has 4 nitrogen and oxygen atoms in total. The minimum absolute atomic E-state index is 0.377. The van der Waals surface area contributed by atoms with Crippen LogP contribution in [0.1, 0.15) is 25.3 Å². The van der Waals surface area contributed by atoms with Gasteiger partial charge in [0.2, 0.25) is 5.91 Å². The van der Waals surface area contributed by atoms with Crippen molar-refractivity contribution < 1.29 is 13.2 Å². The molecule has 1 aliphatic rings. The van der Waals surface area contributed by atoms with E-state index in [1.807, 2.05) is 6.07 Å². The topological polar surface area (TPSA) is 54.5 Å². The molecule has 0 aromatic heterocycles. The number of rotatable bonds is 2. The molecule has 1 heterocycles. The van der Waals surface area contributed by atoms with Crippen LogP contribution < -0.4 is 4.90 Å². The summed E-state index contributed by atoms with van der Waals surface area (Å²) >= 11 is 6.20. The number of fused-ring (bicyclic) bond motifs is 1. The smallest absolute Gasteiger partial charge is 0.245 e. The predicted octanol–water partition coefficient (Wildman–Crippen LogP) is 2.44. The Morgan fingerprint density at radius 1 is 1.35 bits per heavy atom. The van der Waals surface area contributed by atoms with Crippen LogP contribution in [0.15, 0.2) is 18.2 Å². The summed E-state index contributed by atoms with van der Waals surface area (Å²) in [5.74, 6) is -0.377. The van der Waals surface area contributed by atoms with Crippen LogP contribution in [0.25, 0.3) is 0 Å². The van der Waals surface area contributed by atoms with Crippen molar-refractivity contribution in [3.63, 3.8) is 0 Å². The molecule has 20 heavy (non-hydrogen) atoms. The van der Waals surface area contributed by atoms with Crippen LogP contribution in [0.3, 0.4) is 0 Å². The van der Waals surface area contributed by atoms with Crippen molar-refractivity contribution >= 4 is 33.0 Å². The maximum absolute atomic E-state index is 12.5. The van der Waals surface area contributed by atoms with Crippen molar-refractivity contribution in [2.45, 2.75) is 31.4 Å². The number of anilines is 1. The van der Waals surface area contributed by atoms with Gasteiger partial charge in [0.1, 0.15) is 5.25 Å². The van der Waals surface area contributed by atoms with Gasteiger partial charge in [0.25, 0.3) is 0 Å². The Labute approximate surface area is 124 Å². The van der Waals surface area contributed by atoms with Crippen LogP contribution in [0, 0.1) is 0 Å². The van der Waals surface area contributed by atoms with Crippen molar-refractivity contribution in [2.75, 3.05) is 17.7 Å². The third kappa shape index (κ3) is 2.99. The SMILES string of the molecule is CC(C(=O)N1CCCCc2c(Cl)cccc21)S(C)(=O)=O. The molecule has 0 aliphatic carbocycles. The monoisotopic (exact) mass is 315 g/mol. The van der Waals surface area contributed by atoms with Gasteiger partial charge >= 0.3 is 0 Å². The van der Waals surface area contributed by atoms with Crippen LogP contribution in [-0.2, 0) is 21.1 Å². The van der Waals surface area contributed by atoms with Crippen molar-refractivity contribution in [2.24, 2.45) is 0 Å². The third-order valence-corrected chi connectivity index (χ3v) is 5.54. The van der Waals surface area contributed by atoms with E-state index in [9.17, 15) is 13.2 Å². The second kappa shape index (κ2) is 5.74. The summed E-state index contributed by atoms with van der Waals surface area (Å²) in [5, 5.41) is -0.401. The fraction of sp³-hybridized carbons (Fsp3) is 0.500. The number of amides is 1. The van der Waals surface area contributed by atoms with Gasteiger partial charge in [0.05, 0.1) is 0 Å². The summed E-state index contributed by atoms with van der Waals surface area (Å²) in [6, 6.07) is 5.42. The number of sulfone groups is 1. The summed E-state index contributed by atoms with van der Waals surface area (Å²) in [5.41, 5.74) is 1.68. The summed E-state index contributed by atoms with van der Waals surface area (Å²) < 4.78 is 23.2. The molecule has 0 bridgehead atoms. The van der Waals surface area contributed by atoms with Gasteiger partial charge in [-0.05, 0) is 43.9 Å². The first-order valence-electron chi connectivity index (χ1n) is 6.60. The first kappa shape index (κ1) is 15.3. The highest BCUT2D eigenvalue weighted by atomic mass is 35.5. The molecule has 1 aromatic rings. The van der Waals surface area contributed by atoms with E-state index in [0.29, 0.717) is 11.6 Å². The molecule has 0 saturated heterocycles. The van der Waals surface area contributed by atoms with Gasteiger partial charge in [-0.3, -0.25) is 4.79 Å². The molecule has 2 rings (SSSR count). The van der Waals surface area contributed by atoms with Gasteiger partial charge in [-0.2, -0.15) is 0 Å². The Kier molecular flexibility index (Phi) is 4.39. The maximum atomic E-state index is 12.5. The minimum Gasteiger partial charge on any atom is -0.311 e. The molecule has 0 spiro atoms. The van der Waals surface area contributed by atoms with E-state index in [2.05, 4.69) is 0 Å². The van der Waals surface area contributed by atoms with Gasteiger partial charge in [-0.15, -0.1) is 0 Å². The van der Waals surface area contributed by atoms with Crippen LogP contribution in [0.2, 0.25) is 5.02 Å². The van der Waals surface area contributed by atoms with Crippen LogP contribution >= 0.6 is 11.6 Å². The van der Waals surface area contributed by atoms with E-state index >= 15 is 0 Å². The van der Waals surface area contributed by atoms with Crippen molar-refractivity contribution in [3.05, 3.63) is 28.8 Å². The fourth-order valence-electron chi connectivity index (χ4n) is 2.37. The lowest BCUT2D eigenvalue weighted by Crippen LogP contribution is -2.41. The van der Waals surface area contributed by atoms with E-state index in [1.54, 1.807) is 17.0 Å². The van der Waals surface area contributed by atoms with E-state index < -0.39 is 15.1 Å². The number of carbonyl (C=O) groups excluding carboxylic acids is 1. The molecular weight excluding hydrogens is 298 g/mol. The third-order valence-electron chi connectivity index (χ3n) is 3.70. The zero-order valence-electron chi connectivity index (χ0n) is 11.6. The van der Waals surface area contributed by atoms with Gasteiger partial charge in [-0.25, -0.2) is 8.42 Å². The van der Waals surface area contributed by atoms with Gasteiger partial charge < -0.3 is 4.90 Å². The molecule has 1 atom stereocenters. The quantitative estimate of drug-likeness (QED) is 0.842. The summed E-state index contributed by atoms with van der Waals surface area (Å²) in [6.45, 7) is 1.97. The highest BCUT2D eigenvalue weighted by Crippen LogP contribution is 2.32. The highest BCUT2D eigenvalue weighted by molar-refractivity contribution is 7.92. The van der Waals surface area contributed by atoms with Gasteiger partial charge in [0, 0.05) is 23.5 Å². The average Bonchev–Trinajstić information content (AvgIpc) is 2.59. The molecular formula is C14H18ClNO3S. The molecule has 6 heteroatoms. The Balaban J connectivity index is 2.43. The van der Waals surface area contributed by atoms with Crippen LogP contribution in [-0.4, -0.2) is 32.4 Å². The van der Waals surface area contributed by atoms with E-state index in [0.717, 1.165) is 36.8 Å². The number of hydrogen-bond acceptors (Lipinski definition) is 3. The molecule has 110 valence electrons. The lowest BCUT2D eigenvalue weighted by atomic mass is 10.1. The number of halogens is 1. The molecule has 1 aliphatic heterocycles. The molecule has 1 aromatic carbocycles. The second-order valence-corrected chi connectivity index (χ2v) is 7.93. The number of hydrogen-bond donors (Lipinski definition) is 0. The Morgan fingerprint density at radius 2 is 2.05 bits per heavy atom. The lowest BCUT2D eigenvalue weighted by molar-refractivity contribution is -0.118. The first-order chi connectivity index (χ1) is 9.32. The van der Waals surface area contributed by atoms with Gasteiger partial charge in [-0.1, -0.05) is 17.7 Å².